The van der Waals surface area contributed by atoms with Gasteiger partial charge in [0.05, 0.1) is 0 Å². The highest BCUT2D eigenvalue weighted by Crippen LogP contribution is 2.32. The van der Waals surface area contributed by atoms with E-state index in [1.54, 1.807) is 0 Å². The first-order chi connectivity index (χ1) is 9.55. The van der Waals surface area contributed by atoms with E-state index in [2.05, 4.69) is 20.8 Å². The van der Waals surface area contributed by atoms with Gasteiger partial charge in [-0.3, -0.25) is 0 Å². The Balaban J connectivity index is 2.94. The van der Waals surface area contributed by atoms with Gasteiger partial charge in [0, 0.05) is 18.6 Å². The van der Waals surface area contributed by atoms with Gasteiger partial charge >= 0.3 is 0 Å². The van der Waals surface area contributed by atoms with Crippen LogP contribution in [-0.4, -0.2) is 25.6 Å². The van der Waals surface area contributed by atoms with Crippen molar-refractivity contribution < 1.29 is 14.2 Å². The third kappa shape index (κ3) is 4.80. The van der Waals surface area contributed by atoms with Gasteiger partial charge in [-0.25, -0.2) is 0 Å². The molecular weight excluding hydrogens is 252 g/mol. The molecule has 3 nitrogen and oxygen atoms in total. The minimum atomic E-state index is -0.347. The second kappa shape index (κ2) is 8.28. The molecule has 0 bridgehead atoms. The standard InChI is InChI=1S/C17H28O3/c1-6-17(4,5)15(16(18-7-2)19-8-3)20-14-12-10-9-11-13-14/h9-13,15-16H,6-8H2,1-5H3. The van der Waals surface area contributed by atoms with Crippen molar-refractivity contribution in [1.82, 2.24) is 0 Å². The van der Waals surface area contributed by atoms with E-state index in [1.165, 1.54) is 0 Å². The number of ether oxygens (including phenoxy) is 3. The number of hydrogen-bond acceptors (Lipinski definition) is 3. The predicted molar refractivity (Wildman–Crippen MR) is 82.0 cm³/mol. The monoisotopic (exact) mass is 280 g/mol. The maximum Gasteiger partial charge on any atom is 0.195 e. The highest BCUT2D eigenvalue weighted by molar-refractivity contribution is 5.21. The largest absolute Gasteiger partial charge is 0.485 e. The smallest absolute Gasteiger partial charge is 0.195 e. The fourth-order valence-corrected chi connectivity index (χ4v) is 1.98. The number of benzene rings is 1. The topological polar surface area (TPSA) is 27.7 Å². The van der Waals surface area contributed by atoms with Gasteiger partial charge in [-0.1, -0.05) is 39.0 Å². The molecule has 0 aliphatic rings. The summed E-state index contributed by atoms with van der Waals surface area (Å²) in [6.07, 6.45) is 0.496. The highest BCUT2D eigenvalue weighted by atomic mass is 16.7. The van der Waals surface area contributed by atoms with Crippen LogP contribution in [0.1, 0.15) is 41.0 Å². The van der Waals surface area contributed by atoms with E-state index in [1.807, 2.05) is 44.2 Å². The van der Waals surface area contributed by atoms with Crippen LogP contribution in [0, 0.1) is 5.41 Å². The molecular formula is C17H28O3. The molecule has 114 valence electrons. The van der Waals surface area contributed by atoms with Crippen molar-refractivity contribution in [2.24, 2.45) is 5.41 Å². The zero-order valence-electron chi connectivity index (χ0n) is 13.4. The molecule has 1 aromatic carbocycles. The Morgan fingerprint density at radius 1 is 0.950 bits per heavy atom. The molecule has 0 aliphatic carbocycles. The van der Waals surface area contributed by atoms with Crippen molar-refractivity contribution in [3.8, 4) is 5.75 Å². The van der Waals surface area contributed by atoms with Gasteiger partial charge in [0.25, 0.3) is 0 Å². The SMILES string of the molecule is CCOC(OCC)C(Oc1ccccc1)C(C)(C)CC. The number of para-hydroxylation sites is 1. The lowest BCUT2D eigenvalue weighted by Gasteiger charge is -2.38. The molecule has 0 saturated carbocycles. The molecule has 0 saturated heterocycles. The number of hydrogen-bond donors (Lipinski definition) is 0. The Hall–Kier alpha value is -1.06. The average Bonchev–Trinajstić information content (AvgIpc) is 2.45. The number of rotatable bonds is 9. The molecule has 3 heteroatoms. The van der Waals surface area contributed by atoms with E-state index in [0.29, 0.717) is 13.2 Å². The van der Waals surface area contributed by atoms with Gasteiger partial charge in [-0.15, -0.1) is 0 Å². The summed E-state index contributed by atoms with van der Waals surface area (Å²) in [5, 5.41) is 0. The van der Waals surface area contributed by atoms with Crippen molar-refractivity contribution >= 4 is 0 Å². The molecule has 1 rings (SSSR count). The van der Waals surface area contributed by atoms with Crippen LogP contribution < -0.4 is 4.74 Å². The van der Waals surface area contributed by atoms with Crippen molar-refractivity contribution in [3.05, 3.63) is 30.3 Å². The average molecular weight is 280 g/mol. The Morgan fingerprint density at radius 3 is 1.95 bits per heavy atom. The third-order valence-corrected chi connectivity index (χ3v) is 3.60. The molecule has 20 heavy (non-hydrogen) atoms. The van der Waals surface area contributed by atoms with Gasteiger partial charge in [-0.2, -0.15) is 0 Å². The summed E-state index contributed by atoms with van der Waals surface area (Å²) in [6.45, 7) is 11.7. The zero-order valence-corrected chi connectivity index (χ0v) is 13.4. The quantitative estimate of drug-likeness (QED) is 0.632. The van der Waals surface area contributed by atoms with Crippen molar-refractivity contribution in [2.75, 3.05) is 13.2 Å². The molecule has 0 aromatic heterocycles. The van der Waals surface area contributed by atoms with Crippen molar-refractivity contribution in [2.45, 2.75) is 53.4 Å². The summed E-state index contributed by atoms with van der Waals surface area (Å²) in [5.41, 5.74) is -0.0369. The third-order valence-electron chi connectivity index (χ3n) is 3.60. The lowest BCUT2D eigenvalue weighted by Crippen LogP contribution is -2.46. The van der Waals surface area contributed by atoms with E-state index < -0.39 is 0 Å². The molecule has 1 aromatic rings. The van der Waals surface area contributed by atoms with Gasteiger partial charge in [0.15, 0.2) is 12.4 Å². The van der Waals surface area contributed by atoms with E-state index in [4.69, 9.17) is 14.2 Å². The molecule has 1 unspecified atom stereocenters. The molecule has 0 radical (unpaired) electrons. The van der Waals surface area contributed by atoms with Crippen LogP contribution in [0.25, 0.3) is 0 Å². The van der Waals surface area contributed by atoms with Crippen LogP contribution >= 0.6 is 0 Å². The minimum absolute atomic E-state index is 0.0369. The maximum absolute atomic E-state index is 6.19. The molecule has 0 amide bonds. The molecule has 0 spiro atoms. The van der Waals surface area contributed by atoms with Crippen LogP contribution in [0.15, 0.2) is 30.3 Å². The summed E-state index contributed by atoms with van der Waals surface area (Å²) in [7, 11) is 0. The van der Waals surface area contributed by atoms with E-state index in [9.17, 15) is 0 Å². The van der Waals surface area contributed by atoms with Gasteiger partial charge in [-0.05, 0) is 32.4 Å². The summed E-state index contributed by atoms with van der Waals surface area (Å²) in [5.74, 6) is 0.850. The Kier molecular flexibility index (Phi) is 7.03. The van der Waals surface area contributed by atoms with E-state index in [0.717, 1.165) is 12.2 Å². The van der Waals surface area contributed by atoms with Gasteiger partial charge < -0.3 is 14.2 Å². The predicted octanol–water partition coefficient (Wildman–Crippen LogP) is 4.27. The molecule has 0 aliphatic heterocycles. The molecule has 1 atom stereocenters. The lowest BCUT2D eigenvalue weighted by molar-refractivity contribution is -0.206. The fraction of sp³-hybridized carbons (Fsp3) is 0.647. The van der Waals surface area contributed by atoms with Crippen LogP contribution in [0.2, 0.25) is 0 Å². The first kappa shape index (κ1) is 17.0. The molecule has 0 heterocycles. The fourth-order valence-electron chi connectivity index (χ4n) is 1.98. The van der Waals surface area contributed by atoms with Crippen LogP contribution in [-0.2, 0) is 9.47 Å². The normalized spacial score (nSPS) is 13.5. The van der Waals surface area contributed by atoms with Crippen LogP contribution in [0.5, 0.6) is 5.75 Å². The van der Waals surface area contributed by atoms with Gasteiger partial charge in [0.2, 0.25) is 0 Å². The highest BCUT2D eigenvalue weighted by Gasteiger charge is 2.37. The Bertz CT molecular complexity index is 356. The summed E-state index contributed by atoms with van der Waals surface area (Å²) in [4.78, 5) is 0. The lowest BCUT2D eigenvalue weighted by atomic mass is 9.83. The summed E-state index contributed by atoms with van der Waals surface area (Å²) in [6, 6.07) is 9.86. The van der Waals surface area contributed by atoms with Crippen LogP contribution in [0.4, 0.5) is 0 Å². The maximum atomic E-state index is 6.19. The second-order valence-corrected chi connectivity index (χ2v) is 5.47. The van der Waals surface area contributed by atoms with Crippen molar-refractivity contribution in [1.29, 1.82) is 0 Å². The molecule has 0 N–H and O–H groups in total. The van der Waals surface area contributed by atoms with Crippen molar-refractivity contribution in [3.63, 3.8) is 0 Å². The van der Waals surface area contributed by atoms with Gasteiger partial charge in [0.1, 0.15) is 5.75 Å². The summed E-state index contributed by atoms with van der Waals surface area (Å²) >= 11 is 0. The summed E-state index contributed by atoms with van der Waals surface area (Å²) < 4.78 is 17.7. The second-order valence-electron chi connectivity index (χ2n) is 5.47. The first-order valence-corrected chi connectivity index (χ1v) is 7.50. The van der Waals surface area contributed by atoms with E-state index in [-0.39, 0.29) is 17.8 Å². The van der Waals surface area contributed by atoms with Crippen LogP contribution in [0.3, 0.4) is 0 Å². The Labute approximate surface area is 123 Å². The zero-order chi connectivity index (χ0) is 15.0. The van der Waals surface area contributed by atoms with E-state index >= 15 is 0 Å². The molecule has 0 fully saturated rings. The minimum Gasteiger partial charge on any atom is -0.485 e. The Morgan fingerprint density at radius 2 is 1.50 bits per heavy atom. The first-order valence-electron chi connectivity index (χ1n) is 7.50.